The smallest absolute Gasteiger partial charge is 0.306 e. The Morgan fingerprint density at radius 1 is 0.344 bits per heavy atom. The van der Waals surface area contributed by atoms with E-state index in [9.17, 15) is 9.59 Å². The first-order chi connectivity index (χ1) is 31.6. The van der Waals surface area contributed by atoms with Gasteiger partial charge in [0.2, 0.25) is 0 Å². The molecule has 5 heteroatoms. The van der Waals surface area contributed by atoms with Crippen molar-refractivity contribution in [2.24, 2.45) is 0 Å². The van der Waals surface area contributed by atoms with E-state index in [4.69, 9.17) is 14.2 Å². The Hall–Kier alpha value is -3.70. The van der Waals surface area contributed by atoms with Gasteiger partial charge >= 0.3 is 11.9 Å². The lowest BCUT2D eigenvalue weighted by Gasteiger charge is -2.18. The van der Waals surface area contributed by atoms with Crippen LogP contribution < -0.4 is 0 Å². The Morgan fingerprint density at radius 2 is 0.656 bits per heavy atom. The zero-order valence-corrected chi connectivity index (χ0v) is 41.5. The molecule has 64 heavy (non-hydrogen) atoms. The number of ether oxygens (including phenoxy) is 3. The van der Waals surface area contributed by atoms with E-state index in [-0.39, 0.29) is 25.2 Å². The third-order valence-corrected chi connectivity index (χ3v) is 10.5. The Kier molecular flexibility index (Phi) is 50.5. The molecule has 0 aromatic carbocycles. The molecule has 0 amide bonds. The van der Waals surface area contributed by atoms with Crippen LogP contribution in [0.1, 0.15) is 213 Å². The fraction of sp³-hybridized carbons (Fsp3) is 0.627. The molecule has 0 heterocycles. The van der Waals surface area contributed by atoms with Crippen molar-refractivity contribution in [3.63, 3.8) is 0 Å². The van der Waals surface area contributed by atoms with Gasteiger partial charge in [-0.1, -0.05) is 206 Å². The molecule has 0 aromatic heterocycles. The molecule has 0 fully saturated rings. The van der Waals surface area contributed by atoms with Gasteiger partial charge in [0.15, 0.2) is 6.10 Å². The number of carbonyl (C=O) groups excluding carboxylic acids is 2. The van der Waals surface area contributed by atoms with E-state index in [1.165, 1.54) is 51.4 Å². The van der Waals surface area contributed by atoms with Gasteiger partial charge in [-0.05, 0) is 116 Å². The molecule has 0 aromatic rings. The maximum atomic E-state index is 12.8. The summed E-state index contributed by atoms with van der Waals surface area (Å²) in [4.78, 5) is 25.4. The van der Waals surface area contributed by atoms with Gasteiger partial charge in [-0.2, -0.15) is 0 Å². The molecule has 0 spiro atoms. The summed E-state index contributed by atoms with van der Waals surface area (Å²) in [7, 11) is 0. The molecule has 0 saturated carbocycles. The molecule has 0 bridgehead atoms. The van der Waals surface area contributed by atoms with Crippen LogP contribution in [0.15, 0.2) is 122 Å². The Bertz CT molecular complexity index is 1320. The molecule has 1 unspecified atom stereocenters. The van der Waals surface area contributed by atoms with E-state index in [1.807, 2.05) is 0 Å². The maximum absolute atomic E-state index is 12.8. The van der Waals surface area contributed by atoms with Crippen molar-refractivity contribution < 1.29 is 23.8 Å². The number of allylic oxidation sites excluding steroid dienone is 20. The Balaban J connectivity index is 4.39. The second kappa shape index (κ2) is 53.6. The summed E-state index contributed by atoms with van der Waals surface area (Å²) in [6.45, 7) is 7.32. The van der Waals surface area contributed by atoms with Crippen molar-refractivity contribution in [1.82, 2.24) is 0 Å². The van der Waals surface area contributed by atoms with E-state index in [0.717, 1.165) is 128 Å². The van der Waals surface area contributed by atoms with E-state index in [2.05, 4.69) is 142 Å². The SMILES string of the molecule is CC/C=C\C/C=C\C/C=C\C/C=C\CCCOCC(COC(=O)CCCCCCCCC/C=C\C/C=C\C/C=C\CC)OC(=O)CCCCCCCCC/C=C\C/C=C\C/C=C\CC. The van der Waals surface area contributed by atoms with Crippen LogP contribution in [0.4, 0.5) is 0 Å². The molecular formula is C59H96O5. The lowest BCUT2D eigenvalue weighted by atomic mass is 10.1. The maximum Gasteiger partial charge on any atom is 0.306 e. The number of carbonyl (C=O) groups is 2. The molecule has 0 saturated heterocycles. The van der Waals surface area contributed by atoms with Gasteiger partial charge in [0, 0.05) is 19.4 Å². The molecule has 0 aliphatic heterocycles. The molecule has 1 atom stereocenters. The van der Waals surface area contributed by atoms with E-state index in [1.54, 1.807) is 0 Å². The second-order valence-electron chi connectivity index (χ2n) is 16.6. The van der Waals surface area contributed by atoms with Crippen molar-refractivity contribution in [2.75, 3.05) is 19.8 Å². The number of unbranched alkanes of at least 4 members (excludes halogenated alkanes) is 15. The minimum absolute atomic E-state index is 0.0466. The van der Waals surface area contributed by atoms with Gasteiger partial charge in [-0.25, -0.2) is 0 Å². The van der Waals surface area contributed by atoms with Crippen LogP contribution in [-0.2, 0) is 23.8 Å². The summed E-state index contributed by atoms with van der Waals surface area (Å²) < 4.78 is 17.3. The van der Waals surface area contributed by atoms with Gasteiger partial charge in [0.25, 0.3) is 0 Å². The van der Waals surface area contributed by atoms with Gasteiger partial charge in [0.05, 0.1) is 6.61 Å². The third kappa shape index (κ3) is 50.9. The number of hydrogen-bond acceptors (Lipinski definition) is 5. The van der Waals surface area contributed by atoms with Gasteiger partial charge in [0.1, 0.15) is 6.61 Å². The lowest BCUT2D eigenvalue weighted by Crippen LogP contribution is -2.30. The highest BCUT2D eigenvalue weighted by Gasteiger charge is 2.17. The zero-order chi connectivity index (χ0) is 46.3. The van der Waals surface area contributed by atoms with Gasteiger partial charge in [-0.3, -0.25) is 9.59 Å². The zero-order valence-electron chi connectivity index (χ0n) is 41.5. The van der Waals surface area contributed by atoms with Crippen molar-refractivity contribution in [3.8, 4) is 0 Å². The van der Waals surface area contributed by atoms with Gasteiger partial charge < -0.3 is 14.2 Å². The van der Waals surface area contributed by atoms with Crippen LogP contribution >= 0.6 is 0 Å². The van der Waals surface area contributed by atoms with Crippen molar-refractivity contribution in [2.45, 2.75) is 219 Å². The summed E-state index contributed by atoms with van der Waals surface area (Å²) in [6, 6.07) is 0. The predicted octanol–water partition coefficient (Wildman–Crippen LogP) is 17.8. The largest absolute Gasteiger partial charge is 0.462 e. The van der Waals surface area contributed by atoms with Crippen LogP contribution in [0.5, 0.6) is 0 Å². The molecule has 0 rings (SSSR count). The van der Waals surface area contributed by atoms with Crippen LogP contribution in [0.3, 0.4) is 0 Å². The predicted molar refractivity (Wildman–Crippen MR) is 279 cm³/mol. The van der Waals surface area contributed by atoms with Crippen LogP contribution in [0, 0.1) is 0 Å². The second-order valence-corrected chi connectivity index (χ2v) is 16.6. The van der Waals surface area contributed by atoms with Gasteiger partial charge in [-0.15, -0.1) is 0 Å². The third-order valence-electron chi connectivity index (χ3n) is 10.5. The first-order valence-corrected chi connectivity index (χ1v) is 26.1. The summed E-state index contributed by atoms with van der Waals surface area (Å²) in [5, 5.41) is 0. The molecule has 0 aliphatic rings. The first-order valence-electron chi connectivity index (χ1n) is 26.1. The summed E-state index contributed by atoms with van der Waals surface area (Å²) >= 11 is 0. The van der Waals surface area contributed by atoms with E-state index in [0.29, 0.717) is 19.4 Å². The highest BCUT2D eigenvalue weighted by atomic mass is 16.6. The molecule has 0 aliphatic carbocycles. The quantitative estimate of drug-likeness (QED) is 0.0346. The van der Waals surface area contributed by atoms with Crippen LogP contribution in [0.2, 0.25) is 0 Å². The Labute approximate surface area is 395 Å². The average Bonchev–Trinajstić information content (AvgIpc) is 3.30. The highest BCUT2D eigenvalue weighted by molar-refractivity contribution is 5.70. The molecule has 0 radical (unpaired) electrons. The fourth-order valence-corrected chi connectivity index (χ4v) is 6.72. The summed E-state index contributed by atoms with van der Waals surface area (Å²) in [5.74, 6) is -0.457. The Morgan fingerprint density at radius 3 is 1.05 bits per heavy atom. The minimum Gasteiger partial charge on any atom is -0.462 e. The normalized spacial score (nSPS) is 13.2. The highest BCUT2D eigenvalue weighted by Crippen LogP contribution is 2.13. The van der Waals surface area contributed by atoms with E-state index >= 15 is 0 Å². The van der Waals surface area contributed by atoms with Crippen molar-refractivity contribution in [3.05, 3.63) is 122 Å². The van der Waals surface area contributed by atoms with Crippen LogP contribution in [0.25, 0.3) is 0 Å². The topological polar surface area (TPSA) is 61.8 Å². The first kappa shape index (κ1) is 60.3. The number of rotatable bonds is 46. The fourth-order valence-electron chi connectivity index (χ4n) is 6.72. The minimum atomic E-state index is -0.582. The average molecular weight is 885 g/mol. The summed E-state index contributed by atoms with van der Waals surface area (Å²) in [6.07, 6.45) is 75.0. The van der Waals surface area contributed by atoms with Crippen molar-refractivity contribution in [1.29, 1.82) is 0 Å². The molecular weight excluding hydrogens is 789 g/mol. The number of hydrogen-bond donors (Lipinski definition) is 0. The van der Waals surface area contributed by atoms with Crippen LogP contribution in [-0.4, -0.2) is 37.9 Å². The number of esters is 2. The van der Waals surface area contributed by atoms with Crippen molar-refractivity contribution >= 4 is 11.9 Å². The molecule has 0 N–H and O–H groups in total. The monoisotopic (exact) mass is 885 g/mol. The lowest BCUT2D eigenvalue weighted by molar-refractivity contribution is -0.163. The summed E-state index contributed by atoms with van der Waals surface area (Å²) in [5.41, 5.74) is 0. The molecule has 362 valence electrons. The molecule has 5 nitrogen and oxygen atoms in total. The standard InChI is InChI=1S/C59H96O5/c1-4-7-10-13-16-19-22-25-28-30-32-34-37-40-43-46-49-52-58(60)63-56-57(55-62-54-51-48-45-42-39-36-27-24-21-18-15-12-9-6-3)64-59(61)53-50-47-44-41-38-35-33-31-29-26-23-20-17-14-11-8-5-2/h7-12,16-21,25-29,36,42,45,57H,4-6,13-15,22-24,30-35,37-41,43-44,46-56H2,1-3H3/b10-7-,11-8-,12-9-,19-16-,20-17-,21-18-,28-25-,29-26-,36-27-,45-42-. The van der Waals surface area contributed by atoms with E-state index < -0.39 is 6.10 Å².